The number of benzene rings is 1. The van der Waals surface area contributed by atoms with Gasteiger partial charge in [0.05, 0.1) is 6.61 Å². The first-order valence-electron chi connectivity index (χ1n) is 8.10. The Bertz CT molecular complexity index is 485. The molecule has 1 aromatic carbocycles. The fourth-order valence-corrected chi connectivity index (χ4v) is 2.64. The number of nitrogens with two attached hydrogens (primary N) is 1. The monoisotopic (exact) mass is 309 g/mol. The number of piperidine rings is 1. The second-order valence-corrected chi connectivity index (χ2v) is 6.57. The third kappa shape index (κ3) is 4.58. The highest BCUT2D eigenvalue weighted by Crippen LogP contribution is 2.28. The Labute approximate surface area is 132 Å². The van der Waals surface area contributed by atoms with Crippen LogP contribution in [0.4, 0.5) is 10.1 Å². The van der Waals surface area contributed by atoms with Crippen LogP contribution < -0.4 is 15.8 Å². The van der Waals surface area contributed by atoms with E-state index in [1.165, 1.54) is 6.07 Å². The van der Waals surface area contributed by atoms with E-state index in [4.69, 9.17) is 10.5 Å². The molecule has 0 amide bonds. The summed E-state index contributed by atoms with van der Waals surface area (Å²) in [4.78, 5) is 2.32. The molecule has 22 heavy (non-hydrogen) atoms. The van der Waals surface area contributed by atoms with Crippen LogP contribution in [0.2, 0.25) is 0 Å². The van der Waals surface area contributed by atoms with Crippen LogP contribution in [0.1, 0.15) is 32.3 Å². The number of ether oxygens (including phenoxy) is 1. The molecule has 1 aliphatic rings. The molecule has 0 radical (unpaired) electrons. The van der Waals surface area contributed by atoms with E-state index in [0.29, 0.717) is 30.9 Å². The Morgan fingerprint density at radius 1 is 1.36 bits per heavy atom. The zero-order valence-corrected chi connectivity index (χ0v) is 13.9. The molecule has 1 fully saturated rings. The van der Waals surface area contributed by atoms with Crippen molar-refractivity contribution in [1.29, 1.82) is 0 Å². The summed E-state index contributed by atoms with van der Waals surface area (Å²) < 4.78 is 19.7. The van der Waals surface area contributed by atoms with Crippen LogP contribution in [0, 0.1) is 11.7 Å². The molecular weight excluding hydrogens is 281 g/mol. The van der Waals surface area contributed by atoms with Gasteiger partial charge < -0.3 is 20.7 Å². The van der Waals surface area contributed by atoms with Crippen molar-refractivity contribution in [2.75, 3.05) is 32.1 Å². The molecule has 1 aromatic rings. The lowest BCUT2D eigenvalue weighted by Gasteiger charge is -2.31. The summed E-state index contributed by atoms with van der Waals surface area (Å²) in [5.74, 6) is 0.329. The fraction of sp³-hybridized carbons (Fsp3) is 0.647. The van der Waals surface area contributed by atoms with Gasteiger partial charge in [0.1, 0.15) is 0 Å². The molecule has 0 bridgehead atoms. The van der Waals surface area contributed by atoms with Crippen LogP contribution in [0.3, 0.4) is 0 Å². The predicted octanol–water partition coefficient (Wildman–Crippen LogP) is 2.83. The molecule has 4 nitrogen and oxygen atoms in total. The summed E-state index contributed by atoms with van der Waals surface area (Å²) >= 11 is 0. The first-order valence-corrected chi connectivity index (χ1v) is 8.10. The summed E-state index contributed by atoms with van der Waals surface area (Å²) in [6.07, 6.45) is 2.17. The number of nitrogens with zero attached hydrogens (tertiary/aromatic N) is 1. The molecule has 0 spiro atoms. The number of likely N-dealkylation sites (tertiary alicyclic amines) is 1. The van der Waals surface area contributed by atoms with Gasteiger partial charge in [-0.3, -0.25) is 0 Å². The van der Waals surface area contributed by atoms with Crippen molar-refractivity contribution in [2.45, 2.75) is 39.3 Å². The average Bonchev–Trinajstić information content (AvgIpc) is 2.49. The minimum absolute atomic E-state index is 0.307. The number of hydrogen-bond acceptors (Lipinski definition) is 4. The second-order valence-electron chi connectivity index (χ2n) is 6.57. The molecule has 0 aliphatic carbocycles. The first-order chi connectivity index (χ1) is 10.5. The molecule has 1 heterocycles. The summed E-state index contributed by atoms with van der Waals surface area (Å²) in [7, 11) is 2.14. The van der Waals surface area contributed by atoms with Gasteiger partial charge >= 0.3 is 0 Å². The third-order valence-electron chi connectivity index (χ3n) is 4.03. The molecule has 3 N–H and O–H groups in total. The van der Waals surface area contributed by atoms with Crippen molar-refractivity contribution in [3.63, 3.8) is 0 Å². The zero-order chi connectivity index (χ0) is 16.1. The largest absolute Gasteiger partial charge is 0.490 e. The minimum atomic E-state index is -0.338. The summed E-state index contributed by atoms with van der Waals surface area (Å²) in [6.45, 7) is 7.07. The Balaban J connectivity index is 2.12. The normalized spacial score (nSPS) is 17.0. The standard InChI is InChI=1S/C17H28FN3O/c1-12(2)11-22-17-9-16(13(10-19)8-15(17)18)20-14-4-6-21(3)7-5-14/h8-9,12,14,20H,4-7,10-11,19H2,1-3H3. The number of anilines is 1. The van der Waals surface area contributed by atoms with E-state index in [9.17, 15) is 4.39 Å². The van der Waals surface area contributed by atoms with Gasteiger partial charge in [0.2, 0.25) is 0 Å². The van der Waals surface area contributed by atoms with Gasteiger partial charge in [-0.25, -0.2) is 4.39 Å². The zero-order valence-electron chi connectivity index (χ0n) is 13.9. The molecule has 124 valence electrons. The van der Waals surface area contributed by atoms with E-state index in [-0.39, 0.29) is 5.82 Å². The van der Waals surface area contributed by atoms with Crippen molar-refractivity contribution in [1.82, 2.24) is 4.90 Å². The minimum Gasteiger partial charge on any atom is -0.490 e. The molecule has 0 unspecified atom stereocenters. The fourth-order valence-electron chi connectivity index (χ4n) is 2.64. The maximum Gasteiger partial charge on any atom is 0.165 e. The summed E-state index contributed by atoms with van der Waals surface area (Å²) in [6, 6.07) is 3.66. The van der Waals surface area contributed by atoms with Crippen LogP contribution in [-0.2, 0) is 6.54 Å². The van der Waals surface area contributed by atoms with Gasteiger partial charge in [-0.2, -0.15) is 0 Å². The van der Waals surface area contributed by atoms with E-state index in [0.717, 1.165) is 37.2 Å². The van der Waals surface area contributed by atoms with Gasteiger partial charge in [-0.05, 0) is 50.5 Å². The number of nitrogens with one attached hydrogen (secondary N) is 1. The van der Waals surface area contributed by atoms with Crippen molar-refractivity contribution in [3.8, 4) is 5.75 Å². The lowest BCUT2D eigenvalue weighted by Crippen LogP contribution is -2.37. The van der Waals surface area contributed by atoms with Crippen molar-refractivity contribution < 1.29 is 9.13 Å². The van der Waals surface area contributed by atoms with Crippen molar-refractivity contribution in [3.05, 3.63) is 23.5 Å². The highest BCUT2D eigenvalue weighted by atomic mass is 19.1. The summed E-state index contributed by atoms with van der Waals surface area (Å²) in [5, 5.41) is 3.52. The van der Waals surface area contributed by atoms with Crippen LogP contribution in [-0.4, -0.2) is 37.7 Å². The summed E-state index contributed by atoms with van der Waals surface area (Å²) in [5.41, 5.74) is 7.46. The van der Waals surface area contributed by atoms with Crippen LogP contribution in [0.25, 0.3) is 0 Å². The number of rotatable bonds is 6. The van der Waals surface area contributed by atoms with E-state index < -0.39 is 0 Å². The van der Waals surface area contributed by atoms with Gasteiger partial charge in [0.15, 0.2) is 11.6 Å². The molecule has 0 atom stereocenters. The Morgan fingerprint density at radius 2 is 2.05 bits per heavy atom. The average molecular weight is 309 g/mol. The van der Waals surface area contributed by atoms with Gasteiger partial charge in [0.25, 0.3) is 0 Å². The van der Waals surface area contributed by atoms with Gasteiger partial charge in [0, 0.05) is 24.3 Å². The first kappa shape index (κ1) is 17.0. The quantitative estimate of drug-likeness (QED) is 0.848. The van der Waals surface area contributed by atoms with Gasteiger partial charge in [-0.1, -0.05) is 13.8 Å². The van der Waals surface area contributed by atoms with Crippen molar-refractivity contribution >= 4 is 5.69 Å². The second kappa shape index (κ2) is 7.79. The number of hydrogen-bond donors (Lipinski definition) is 2. The Morgan fingerprint density at radius 3 is 2.64 bits per heavy atom. The smallest absolute Gasteiger partial charge is 0.165 e. The lowest BCUT2D eigenvalue weighted by atomic mass is 10.0. The predicted molar refractivity (Wildman–Crippen MR) is 88.8 cm³/mol. The van der Waals surface area contributed by atoms with Crippen LogP contribution in [0.5, 0.6) is 5.75 Å². The molecule has 1 aliphatic heterocycles. The van der Waals surface area contributed by atoms with Crippen LogP contribution >= 0.6 is 0 Å². The lowest BCUT2D eigenvalue weighted by molar-refractivity contribution is 0.258. The molecule has 5 heteroatoms. The molecule has 0 saturated carbocycles. The van der Waals surface area contributed by atoms with Crippen LogP contribution in [0.15, 0.2) is 12.1 Å². The maximum absolute atomic E-state index is 14.1. The Kier molecular flexibility index (Phi) is 6.03. The number of halogens is 1. The molecular formula is C17H28FN3O. The van der Waals surface area contributed by atoms with E-state index in [1.54, 1.807) is 6.07 Å². The highest BCUT2D eigenvalue weighted by Gasteiger charge is 2.18. The van der Waals surface area contributed by atoms with E-state index in [1.807, 2.05) is 13.8 Å². The van der Waals surface area contributed by atoms with Crippen molar-refractivity contribution in [2.24, 2.45) is 11.7 Å². The van der Waals surface area contributed by atoms with E-state index >= 15 is 0 Å². The van der Waals surface area contributed by atoms with E-state index in [2.05, 4.69) is 17.3 Å². The SMILES string of the molecule is CC(C)COc1cc(NC2CCN(C)CC2)c(CN)cc1F. The molecule has 0 aromatic heterocycles. The highest BCUT2D eigenvalue weighted by molar-refractivity contribution is 5.56. The van der Waals surface area contributed by atoms with Gasteiger partial charge in [-0.15, -0.1) is 0 Å². The molecule has 2 rings (SSSR count). The third-order valence-corrected chi connectivity index (χ3v) is 4.03. The topological polar surface area (TPSA) is 50.5 Å². The molecule has 1 saturated heterocycles. The Hall–Kier alpha value is -1.33. The maximum atomic E-state index is 14.1.